The summed E-state index contributed by atoms with van der Waals surface area (Å²) in [5.41, 5.74) is 0.830. The Morgan fingerprint density at radius 2 is 1.68 bits per heavy atom. The van der Waals surface area contributed by atoms with E-state index in [9.17, 15) is 18.7 Å². The Bertz CT molecular complexity index is 818. The molecule has 0 aromatic heterocycles. The number of carbonyl (C=O) groups is 1. The van der Waals surface area contributed by atoms with Crippen molar-refractivity contribution in [2.75, 3.05) is 13.2 Å². The number of carbonyl (C=O) groups excluding carboxylic acids is 1. The minimum Gasteiger partial charge on any atom is -0.507 e. The molecule has 0 aliphatic carbocycles. The summed E-state index contributed by atoms with van der Waals surface area (Å²) in [6, 6.07) is 7.07. The van der Waals surface area contributed by atoms with Crippen LogP contribution in [0, 0.1) is 24.5 Å². The zero-order chi connectivity index (χ0) is 20.7. The molecular weight excluding hydrogens is 366 g/mol. The number of ether oxygens (including phenoxy) is 2. The monoisotopic (exact) mass is 392 g/mol. The van der Waals surface area contributed by atoms with E-state index in [1.807, 2.05) is 13.8 Å². The van der Waals surface area contributed by atoms with Crippen LogP contribution >= 0.6 is 0 Å². The van der Waals surface area contributed by atoms with Gasteiger partial charge in [-0.2, -0.15) is 4.39 Å². The summed E-state index contributed by atoms with van der Waals surface area (Å²) < 4.78 is 37.5. The van der Waals surface area contributed by atoms with E-state index in [0.717, 1.165) is 6.07 Å². The van der Waals surface area contributed by atoms with E-state index in [2.05, 4.69) is 0 Å². The van der Waals surface area contributed by atoms with Crippen LogP contribution in [0.4, 0.5) is 8.78 Å². The molecular formula is C22H26F2O4. The SMILES string of the molecule is Cc1c(OCCCCOc2cccc(F)c2F)ccc(C(=O)CC(C)C)c1O. The molecule has 0 amide bonds. The van der Waals surface area contributed by atoms with E-state index in [-0.39, 0.29) is 29.8 Å². The predicted octanol–water partition coefficient (Wildman–Crippen LogP) is 5.45. The van der Waals surface area contributed by atoms with Crippen LogP contribution in [0.2, 0.25) is 0 Å². The van der Waals surface area contributed by atoms with Crippen LogP contribution in [-0.2, 0) is 0 Å². The van der Waals surface area contributed by atoms with Crippen molar-refractivity contribution in [2.24, 2.45) is 5.92 Å². The van der Waals surface area contributed by atoms with Gasteiger partial charge in [-0.25, -0.2) is 4.39 Å². The van der Waals surface area contributed by atoms with Crippen LogP contribution in [0.3, 0.4) is 0 Å². The highest BCUT2D eigenvalue weighted by Crippen LogP contribution is 2.32. The van der Waals surface area contributed by atoms with Crippen molar-refractivity contribution in [1.29, 1.82) is 0 Å². The van der Waals surface area contributed by atoms with Crippen LogP contribution < -0.4 is 9.47 Å². The van der Waals surface area contributed by atoms with Gasteiger partial charge >= 0.3 is 0 Å². The Labute approximate surface area is 164 Å². The number of benzene rings is 2. The van der Waals surface area contributed by atoms with Gasteiger partial charge in [0.2, 0.25) is 5.82 Å². The van der Waals surface area contributed by atoms with Crippen LogP contribution in [0.1, 0.15) is 49.0 Å². The number of unbranched alkanes of at least 4 members (excludes halogenated alkanes) is 1. The molecule has 2 rings (SSSR count). The van der Waals surface area contributed by atoms with Gasteiger partial charge in [0.15, 0.2) is 17.3 Å². The molecule has 0 atom stereocenters. The maximum Gasteiger partial charge on any atom is 0.200 e. The largest absolute Gasteiger partial charge is 0.507 e. The molecule has 0 heterocycles. The third-order valence-corrected chi connectivity index (χ3v) is 4.25. The van der Waals surface area contributed by atoms with Crippen LogP contribution in [0.5, 0.6) is 17.2 Å². The predicted molar refractivity (Wildman–Crippen MR) is 103 cm³/mol. The van der Waals surface area contributed by atoms with Crippen LogP contribution in [-0.4, -0.2) is 24.1 Å². The van der Waals surface area contributed by atoms with Crippen molar-refractivity contribution in [3.8, 4) is 17.2 Å². The number of hydrogen-bond donors (Lipinski definition) is 1. The second-order valence-electron chi connectivity index (χ2n) is 7.06. The summed E-state index contributed by atoms with van der Waals surface area (Å²) in [7, 11) is 0. The lowest BCUT2D eigenvalue weighted by molar-refractivity contribution is 0.0965. The second-order valence-corrected chi connectivity index (χ2v) is 7.06. The topological polar surface area (TPSA) is 55.8 Å². The molecule has 0 radical (unpaired) electrons. The number of Topliss-reactive ketones (excluding diaryl/α,β-unsaturated/α-hetero) is 1. The van der Waals surface area contributed by atoms with Gasteiger partial charge in [0.05, 0.1) is 18.8 Å². The normalized spacial score (nSPS) is 10.9. The molecule has 0 saturated carbocycles. The van der Waals surface area contributed by atoms with Crippen molar-refractivity contribution in [1.82, 2.24) is 0 Å². The quantitative estimate of drug-likeness (QED) is 0.432. The fraction of sp³-hybridized carbons (Fsp3) is 0.409. The molecule has 0 bridgehead atoms. The third kappa shape index (κ3) is 5.68. The van der Waals surface area contributed by atoms with Crippen molar-refractivity contribution >= 4 is 5.78 Å². The molecule has 0 aliphatic rings. The fourth-order valence-electron chi connectivity index (χ4n) is 2.71. The van der Waals surface area contributed by atoms with Gasteiger partial charge in [0.1, 0.15) is 11.5 Å². The molecule has 1 N–H and O–H groups in total. The number of hydrogen-bond acceptors (Lipinski definition) is 4. The summed E-state index contributed by atoms with van der Waals surface area (Å²) in [6.45, 7) is 6.20. The first-order chi connectivity index (χ1) is 13.3. The van der Waals surface area contributed by atoms with E-state index < -0.39 is 11.6 Å². The van der Waals surface area contributed by atoms with Gasteiger partial charge in [0.25, 0.3) is 0 Å². The zero-order valence-corrected chi connectivity index (χ0v) is 16.4. The number of halogens is 2. The Kier molecular flexibility index (Phi) is 7.79. The van der Waals surface area contributed by atoms with Crippen molar-refractivity contribution in [3.05, 3.63) is 53.1 Å². The summed E-state index contributed by atoms with van der Waals surface area (Å²) in [6.07, 6.45) is 1.59. The molecule has 0 aliphatic heterocycles. The molecule has 152 valence electrons. The highest BCUT2D eigenvalue weighted by atomic mass is 19.2. The first-order valence-electron chi connectivity index (χ1n) is 9.36. The molecule has 6 heteroatoms. The fourth-order valence-corrected chi connectivity index (χ4v) is 2.71. The smallest absolute Gasteiger partial charge is 0.200 e. The molecule has 0 spiro atoms. The third-order valence-electron chi connectivity index (χ3n) is 4.25. The summed E-state index contributed by atoms with van der Waals surface area (Å²) >= 11 is 0. The van der Waals surface area contributed by atoms with E-state index in [1.165, 1.54) is 12.1 Å². The first-order valence-corrected chi connectivity index (χ1v) is 9.36. The minimum atomic E-state index is -0.989. The molecule has 4 nitrogen and oxygen atoms in total. The molecule has 28 heavy (non-hydrogen) atoms. The Hall–Kier alpha value is -2.63. The summed E-state index contributed by atoms with van der Waals surface area (Å²) in [5.74, 6) is -1.45. The van der Waals surface area contributed by atoms with Gasteiger partial charge in [-0.1, -0.05) is 19.9 Å². The van der Waals surface area contributed by atoms with E-state index in [4.69, 9.17) is 9.47 Å². The van der Waals surface area contributed by atoms with Crippen LogP contribution in [0.15, 0.2) is 30.3 Å². The maximum absolute atomic E-state index is 13.5. The summed E-state index contributed by atoms with van der Waals surface area (Å²) in [5, 5.41) is 10.3. The number of ketones is 1. The van der Waals surface area contributed by atoms with Gasteiger partial charge in [-0.15, -0.1) is 0 Å². The number of aromatic hydroxyl groups is 1. The lowest BCUT2D eigenvalue weighted by atomic mass is 9.98. The molecule has 0 fully saturated rings. The van der Waals surface area contributed by atoms with Gasteiger partial charge in [-0.3, -0.25) is 4.79 Å². The number of phenolic OH excluding ortho intramolecular Hbond substituents is 1. The van der Waals surface area contributed by atoms with E-state index in [0.29, 0.717) is 42.7 Å². The highest BCUT2D eigenvalue weighted by Gasteiger charge is 2.17. The van der Waals surface area contributed by atoms with E-state index >= 15 is 0 Å². The molecule has 0 unspecified atom stereocenters. The lowest BCUT2D eigenvalue weighted by Gasteiger charge is -2.13. The average molecular weight is 392 g/mol. The molecule has 0 saturated heterocycles. The summed E-state index contributed by atoms with van der Waals surface area (Å²) in [4.78, 5) is 12.2. The minimum absolute atomic E-state index is 0.0481. The Morgan fingerprint density at radius 3 is 2.32 bits per heavy atom. The molecule has 2 aromatic rings. The van der Waals surface area contributed by atoms with Crippen LogP contribution in [0.25, 0.3) is 0 Å². The maximum atomic E-state index is 13.5. The van der Waals surface area contributed by atoms with Gasteiger partial charge < -0.3 is 14.6 Å². The van der Waals surface area contributed by atoms with Gasteiger partial charge in [0, 0.05) is 12.0 Å². The Balaban J connectivity index is 1.81. The van der Waals surface area contributed by atoms with Gasteiger partial charge in [-0.05, 0) is 49.9 Å². The standard InChI is InChI=1S/C22H26F2O4/c1-14(2)13-18(25)16-9-10-19(15(3)22(16)26)27-11-4-5-12-28-20-8-6-7-17(23)21(20)24/h6-10,14,26H,4-5,11-13H2,1-3H3. The van der Waals surface area contributed by atoms with Crippen molar-refractivity contribution < 1.29 is 28.2 Å². The molecule has 2 aromatic carbocycles. The highest BCUT2D eigenvalue weighted by molar-refractivity contribution is 5.99. The van der Waals surface area contributed by atoms with Crippen molar-refractivity contribution in [3.63, 3.8) is 0 Å². The second kappa shape index (κ2) is 10.1. The van der Waals surface area contributed by atoms with Crippen molar-refractivity contribution in [2.45, 2.75) is 40.0 Å². The average Bonchev–Trinajstić information content (AvgIpc) is 2.64. The lowest BCUT2D eigenvalue weighted by Crippen LogP contribution is -2.07. The number of rotatable bonds is 10. The van der Waals surface area contributed by atoms with E-state index in [1.54, 1.807) is 19.1 Å². The Morgan fingerprint density at radius 1 is 1.04 bits per heavy atom. The first kappa shape index (κ1) is 21.7. The number of phenols is 1. The zero-order valence-electron chi connectivity index (χ0n) is 16.4.